The van der Waals surface area contributed by atoms with Crippen LogP contribution in [0, 0.1) is 11.3 Å². The van der Waals surface area contributed by atoms with E-state index in [2.05, 4.69) is 0 Å². The Kier molecular flexibility index (Phi) is 3.88. The quantitative estimate of drug-likeness (QED) is 0.820. The summed E-state index contributed by atoms with van der Waals surface area (Å²) >= 11 is 0. The van der Waals surface area contributed by atoms with Gasteiger partial charge in [0, 0.05) is 6.26 Å². The van der Waals surface area contributed by atoms with Crippen molar-refractivity contribution in [3.05, 3.63) is 23.8 Å². The van der Waals surface area contributed by atoms with Gasteiger partial charge in [0.05, 0.1) is 17.1 Å². The molecule has 86 valence electrons. The smallest absolute Gasteiger partial charge is 0.176 e. The SMILES string of the molecule is CS(=O)(=O)c1ccc(OCCO)cc1C#N. The molecule has 1 aromatic carbocycles. The van der Waals surface area contributed by atoms with Gasteiger partial charge in [0.1, 0.15) is 18.4 Å². The fraction of sp³-hybridized carbons (Fsp3) is 0.300. The van der Waals surface area contributed by atoms with Crippen molar-refractivity contribution in [1.82, 2.24) is 0 Å². The van der Waals surface area contributed by atoms with E-state index in [0.717, 1.165) is 6.26 Å². The molecule has 0 saturated carbocycles. The third-order valence-corrected chi connectivity index (χ3v) is 2.99. The Morgan fingerprint density at radius 2 is 2.19 bits per heavy atom. The van der Waals surface area contributed by atoms with E-state index in [4.69, 9.17) is 15.1 Å². The van der Waals surface area contributed by atoms with Crippen LogP contribution in [0.15, 0.2) is 23.1 Å². The summed E-state index contributed by atoms with van der Waals surface area (Å²) in [4.78, 5) is -0.0219. The molecule has 1 N–H and O–H groups in total. The number of rotatable bonds is 4. The molecule has 16 heavy (non-hydrogen) atoms. The summed E-state index contributed by atoms with van der Waals surface area (Å²) in [7, 11) is -3.41. The molecular formula is C10H11NO4S. The van der Waals surface area contributed by atoms with E-state index < -0.39 is 9.84 Å². The van der Waals surface area contributed by atoms with Gasteiger partial charge in [-0.15, -0.1) is 0 Å². The summed E-state index contributed by atoms with van der Waals surface area (Å²) in [5.74, 6) is 0.359. The van der Waals surface area contributed by atoms with Crippen molar-refractivity contribution in [2.24, 2.45) is 0 Å². The van der Waals surface area contributed by atoms with E-state index in [0.29, 0.717) is 5.75 Å². The minimum atomic E-state index is -3.41. The molecule has 0 aliphatic carbocycles. The summed E-state index contributed by atoms with van der Waals surface area (Å²) in [6.45, 7) is -0.0429. The molecule has 0 radical (unpaired) electrons. The number of hydrogen-bond acceptors (Lipinski definition) is 5. The van der Waals surface area contributed by atoms with Crippen LogP contribution < -0.4 is 4.74 Å². The molecule has 0 amide bonds. The molecule has 0 fully saturated rings. The Bertz CT molecular complexity index is 516. The van der Waals surface area contributed by atoms with Gasteiger partial charge in [-0.3, -0.25) is 0 Å². The zero-order valence-corrected chi connectivity index (χ0v) is 9.49. The second kappa shape index (κ2) is 4.96. The van der Waals surface area contributed by atoms with Crippen molar-refractivity contribution in [1.29, 1.82) is 5.26 Å². The van der Waals surface area contributed by atoms with Crippen LogP contribution >= 0.6 is 0 Å². The third-order valence-electron chi connectivity index (χ3n) is 1.83. The first kappa shape index (κ1) is 12.5. The fourth-order valence-corrected chi connectivity index (χ4v) is 1.99. The van der Waals surface area contributed by atoms with E-state index in [-0.39, 0.29) is 23.7 Å². The molecule has 0 unspecified atom stereocenters. The summed E-state index contributed by atoms with van der Waals surface area (Å²) in [5.41, 5.74) is 0.0398. The number of nitriles is 1. The second-order valence-electron chi connectivity index (χ2n) is 3.11. The van der Waals surface area contributed by atoms with Crippen LogP contribution in [0.4, 0.5) is 0 Å². The summed E-state index contributed by atoms with van der Waals surface area (Å²) in [5, 5.41) is 17.4. The van der Waals surface area contributed by atoms with Crippen LogP contribution in [0.3, 0.4) is 0 Å². The highest BCUT2D eigenvalue weighted by molar-refractivity contribution is 7.90. The molecule has 6 heteroatoms. The Labute approximate surface area is 93.8 Å². The predicted molar refractivity (Wildman–Crippen MR) is 56.8 cm³/mol. The van der Waals surface area contributed by atoms with Crippen molar-refractivity contribution in [2.45, 2.75) is 4.90 Å². The molecule has 5 nitrogen and oxygen atoms in total. The first-order valence-electron chi connectivity index (χ1n) is 4.47. The van der Waals surface area contributed by atoms with Gasteiger partial charge in [0.2, 0.25) is 0 Å². The highest BCUT2D eigenvalue weighted by atomic mass is 32.2. The highest BCUT2D eigenvalue weighted by Gasteiger charge is 2.13. The lowest BCUT2D eigenvalue weighted by Gasteiger charge is -2.06. The van der Waals surface area contributed by atoms with Crippen LogP contribution in [0.1, 0.15) is 5.56 Å². The molecule has 0 bridgehead atoms. The van der Waals surface area contributed by atoms with Crippen LogP contribution in [0.25, 0.3) is 0 Å². The molecule has 0 aliphatic rings. The van der Waals surface area contributed by atoms with E-state index in [1.165, 1.54) is 18.2 Å². The van der Waals surface area contributed by atoms with Crippen molar-refractivity contribution in [3.8, 4) is 11.8 Å². The maximum atomic E-state index is 11.3. The van der Waals surface area contributed by atoms with Crippen LogP contribution in [-0.4, -0.2) is 33.0 Å². The Morgan fingerprint density at radius 3 is 2.69 bits per heavy atom. The molecular weight excluding hydrogens is 230 g/mol. The largest absolute Gasteiger partial charge is 0.491 e. The number of ether oxygens (including phenoxy) is 1. The topological polar surface area (TPSA) is 87.4 Å². The molecule has 1 rings (SSSR count). The van der Waals surface area contributed by atoms with Gasteiger partial charge < -0.3 is 9.84 Å². The van der Waals surface area contributed by atoms with Crippen molar-refractivity contribution >= 4 is 9.84 Å². The first-order valence-corrected chi connectivity index (χ1v) is 6.36. The van der Waals surface area contributed by atoms with Gasteiger partial charge in [-0.1, -0.05) is 0 Å². The minimum absolute atomic E-state index is 0.0219. The van der Waals surface area contributed by atoms with E-state index in [9.17, 15) is 8.42 Å². The summed E-state index contributed by atoms with van der Waals surface area (Å²) < 4.78 is 27.7. The maximum absolute atomic E-state index is 11.3. The number of aliphatic hydroxyl groups is 1. The molecule has 0 heterocycles. The van der Waals surface area contributed by atoms with E-state index >= 15 is 0 Å². The van der Waals surface area contributed by atoms with Gasteiger partial charge in [-0.05, 0) is 18.2 Å². The lowest BCUT2D eigenvalue weighted by molar-refractivity contribution is 0.201. The zero-order chi connectivity index (χ0) is 12.2. The maximum Gasteiger partial charge on any atom is 0.176 e. The minimum Gasteiger partial charge on any atom is -0.491 e. The fourth-order valence-electron chi connectivity index (χ4n) is 1.17. The normalized spacial score (nSPS) is 10.8. The Morgan fingerprint density at radius 1 is 1.50 bits per heavy atom. The molecule has 0 saturated heterocycles. The predicted octanol–water partition coefficient (Wildman–Crippen LogP) is 0.333. The third kappa shape index (κ3) is 2.95. The average Bonchev–Trinajstić information content (AvgIpc) is 2.24. The van der Waals surface area contributed by atoms with Gasteiger partial charge in [0.15, 0.2) is 9.84 Å². The number of hydrogen-bond donors (Lipinski definition) is 1. The molecule has 1 aromatic rings. The Balaban J connectivity index is 3.14. The van der Waals surface area contributed by atoms with Crippen molar-refractivity contribution < 1.29 is 18.3 Å². The standard InChI is InChI=1S/C10H11NO4S/c1-16(13,14)10-3-2-9(15-5-4-12)6-8(10)7-11/h2-3,6,12H,4-5H2,1H3. The molecule has 0 spiro atoms. The van der Waals surface area contributed by atoms with Gasteiger partial charge in [-0.25, -0.2) is 8.42 Å². The van der Waals surface area contributed by atoms with Gasteiger partial charge >= 0.3 is 0 Å². The van der Waals surface area contributed by atoms with E-state index in [1.807, 2.05) is 0 Å². The molecule has 0 atom stereocenters. The van der Waals surface area contributed by atoms with Crippen LogP contribution in [0.5, 0.6) is 5.75 Å². The lowest BCUT2D eigenvalue weighted by Crippen LogP contribution is -2.04. The number of sulfone groups is 1. The lowest BCUT2D eigenvalue weighted by atomic mass is 10.2. The number of aliphatic hydroxyl groups excluding tert-OH is 1. The first-order chi connectivity index (χ1) is 7.49. The van der Waals surface area contributed by atoms with Gasteiger partial charge in [-0.2, -0.15) is 5.26 Å². The number of nitrogens with zero attached hydrogens (tertiary/aromatic N) is 1. The average molecular weight is 241 g/mol. The second-order valence-corrected chi connectivity index (χ2v) is 5.10. The van der Waals surface area contributed by atoms with Crippen molar-refractivity contribution in [3.63, 3.8) is 0 Å². The Hall–Kier alpha value is -1.58. The molecule has 0 aliphatic heterocycles. The van der Waals surface area contributed by atoms with Gasteiger partial charge in [0.25, 0.3) is 0 Å². The van der Waals surface area contributed by atoms with Crippen LogP contribution in [-0.2, 0) is 9.84 Å². The van der Waals surface area contributed by atoms with Crippen molar-refractivity contribution in [2.75, 3.05) is 19.5 Å². The summed E-state index contributed by atoms with van der Waals surface area (Å²) in [6, 6.07) is 5.91. The van der Waals surface area contributed by atoms with Crippen LogP contribution in [0.2, 0.25) is 0 Å². The monoisotopic (exact) mass is 241 g/mol. The number of benzene rings is 1. The zero-order valence-electron chi connectivity index (χ0n) is 8.67. The van der Waals surface area contributed by atoms with E-state index in [1.54, 1.807) is 6.07 Å². The molecule has 0 aromatic heterocycles. The summed E-state index contributed by atoms with van der Waals surface area (Å²) in [6.07, 6.45) is 1.04. The highest BCUT2D eigenvalue weighted by Crippen LogP contribution is 2.21.